The number of nitrogens with one attached hydrogen (secondary N) is 1. The van der Waals surface area contributed by atoms with Gasteiger partial charge in [-0.25, -0.2) is 4.79 Å². The third-order valence-corrected chi connectivity index (χ3v) is 2.80. The third-order valence-electron chi connectivity index (χ3n) is 2.80. The molecule has 0 fully saturated rings. The highest BCUT2D eigenvalue weighted by molar-refractivity contribution is 5.81. The highest BCUT2D eigenvalue weighted by atomic mass is 19.3. The van der Waals surface area contributed by atoms with E-state index in [-0.39, 0.29) is 28.9 Å². The van der Waals surface area contributed by atoms with Crippen LogP contribution in [0.3, 0.4) is 0 Å². The molecule has 0 aliphatic rings. The van der Waals surface area contributed by atoms with Crippen LogP contribution in [0, 0.1) is 0 Å². The second-order valence-electron chi connectivity index (χ2n) is 3.91. The number of benzene rings is 1. The minimum Gasteiger partial charge on any atom is -0.493 e. The molecule has 0 atom stereocenters. The third kappa shape index (κ3) is 2.36. The van der Waals surface area contributed by atoms with Crippen molar-refractivity contribution in [2.45, 2.75) is 20.1 Å². The first-order valence-corrected chi connectivity index (χ1v) is 5.77. The van der Waals surface area contributed by atoms with E-state index in [2.05, 4.69) is 9.72 Å². The van der Waals surface area contributed by atoms with Gasteiger partial charge in [0.25, 0.3) is 5.56 Å². The number of ether oxygens (including phenoxy) is 2. The number of fused-ring (bicyclic) bond motifs is 1. The van der Waals surface area contributed by atoms with E-state index in [0.717, 1.165) is 10.6 Å². The zero-order valence-electron chi connectivity index (χ0n) is 10.8. The van der Waals surface area contributed by atoms with Crippen molar-refractivity contribution in [3.05, 3.63) is 33.0 Å². The van der Waals surface area contributed by atoms with E-state index in [1.165, 1.54) is 13.2 Å². The van der Waals surface area contributed by atoms with Gasteiger partial charge >= 0.3 is 12.3 Å². The van der Waals surface area contributed by atoms with Crippen LogP contribution < -0.4 is 20.7 Å². The lowest BCUT2D eigenvalue weighted by Crippen LogP contribution is -2.34. The Hall–Kier alpha value is -2.38. The lowest BCUT2D eigenvalue weighted by Gasteiger charge is -2.11. The summed E-state index contributed by atoms with van der Waals surface area (Å²) in [6.45, 7) is -1.25. The molecule has 0 saturated heterocycles. The fourth-order valence-corrected chi connectivity index (χ4v) is 1.90. The Bertz CT molecular complexity index is 751. The van der Waals surface area contributed by atoms with Crippen molar-refractivity contribution in [1.29, 1.82) is 0 Å². The Labute approximate surface area is 111 Å². The van der Waals surface area contributed by atoms with Crippen molar-refractivity contribution < 1.29 is 18.3 Å². The fourth-order valence-electron chi connectivity index (χ4n) is 1.90. The van der Waals surface area contributed by atoms with Gasteiger partial charge in [-0.05, 0) is 13.0 Å². The van der Waals surface area contributed by atoms with Crippen LogP contribution in [0.15, 0.2) is 21.7 Å². The molecule has 0 aliphatic carbocycles. The van der Waals surface area contributed by atoms with Crippen molar-refractivity contribution in [2.24, 2.45) is 0 Å². The molecule has 1 aromatic carbocycles. The standard InChI is InChI=1S/C12H12F2N2O4/c1-3-16-10(17)6-4-9(20-11(13)14)8(19-2)5-7(6)15-12(16)18/h4-5,11H,3H2,1-2H3,(H,15,18). The molecule has 0 unspecified atom stereocenters. The summed E-state index contributed by atoms with van der Waals surface area (Å²) in [5.41, 5.74) is -0.953. The average Bonchev–Trinajstić information content (AvgIpc) is 2.39. The Balaban J connectivity index is 2.78. The minimum absolute atomic E-state index is 0.00194. The normalized spacial score (nSPS) is 11.1. The van der Waals surface area contributed by atoms with Crippen LogP contribution in [0.25, 0.3) is 10.9 Å². The van der Waals surface area contributed by atoms with Gasteiger partial charge in [-0.1, -0.05) is 0 Å². The number of hydrogen-bond donors (Lipinski definition) is 1. The van der Waals surface area contributed by atoms with E-state index in [4.69, 9.17) is 4.74 Å². The van der Waals surface area contributed by atoms with Crippen molar-refractivity contribution in [3.63, 3.8) is 0 Å². The number of aromatic nitrogens is 2. The van der Waals surface area contributed by atoms with Gasteiger partial charge in [-0.3, -0.25) is 9.36 Å². The smallest absolute Gasteiger partial charge is 0.387 e. The summed E-state index contributed by atoms with van der Waals surface area (Å²) in [6.07, 6.45) is 0. The van der Waals surface area contributed by atoms with E-state index in [0.29, 0.717) is 0 Å². The number of halogens is 2. The van der Waals surface area contributed by atoms with Crippen molar-refractivity contribution in [2.75, 3.05) is 7.11 Å². The van der Waals surface area contributed by atoms with Gasteiger partial charge in [0.15, 0.2) is 11.5 Å². The summed E-state index contributed by atoms with van der Waals surface area (Å²) >= 11 is 0. The van der Waals surface area contributed by atoms with Crippen LogP contribution in [0.4, 0.5) is 8.78 Å². The first-order chi connectivity index (χ1) is 9.47. The van der Waals surface area contributed by atoms with Crippen LogP contribution in [0.5, 0.6) is 11.5 Å². The Kier molecular flexibility index (Phi) is 3.73. The molecule has 6 nitrogen and oxygen atoms in total. The zero-order chi connectivity index (χ0) is 14.9. The molecule has 0 saturated carbocycles. The van der Waals surface area contributed by atoms with E-state index >= 15 is 0 Å². The molecule has 0 bridgehead atoms. The molecule has 0 aliphatic heterocycles. The molecular weight excluding hydrogens is 274 g/mol. The van der Waals surface area contributed by atoms with E-state index in [1.807, 2.05) is 0 Å². The molecule has 0 spiro atoms. The molecule has 1 N–H and O–H groups in total. The molecule has 2 rings (SSSR count). The number of nitrogens with zero attached hydrogens (tertiary/aromatic N) is 1. The van der Waals surface area contributed by atoms with Crippen molar-refractivity contribution in [1.82, 2.24) is 9.55 Å². The Morgan fingerprint density at radius 3 is 2.55 bits per heavy atom. The van der Waals surface area contributed by atoms with Gasteiger partial charge in [0, 0.05) is 12.6 Å². The van der Waals surface area contributed by atoms with E-state index < -0.39 is 17.9 Å². The average molecular weight is 286 g/mol. The van der Waals surface area contributed by atoms with Crippen LogP contribution in [0.2, 0.25) is 0 Å². The van der Waals surface area contributed by atoms with Crippen LogP contribution in [-0.4, -0.2) is 23.3 Å². The minimum atomic E-state index is -3.04. The van der Waals surface area contributed by atoms with Crippen LogP contribution in [-0.2, 0) is 6.54 Å². The van der Waals surface area contributed by atoms with Gasteiger partial charge in [0.2, 0.25) is 0 Å². The largest absolute Gasteiger partial charge is 0.493 e. The fraction of sp³-hybridized carbons (Fsp3) is 0.333. The van der Waals surface area contributed by atoms with Crippen molar-refractivity contribution in [3.8, 4) is 11.5 Å². The van der Waals surface area contributed by atoms with Crippen LogP contribution >= 0.6 is 0 Å². The number of rotatable bonds is 4. The van der Waals surface area contributed by atoms with E-state index in [1.54, 1.807) is 6.92 Å². The predicted molar refractivity (Wildman–Crippen MR) is 67.7 cm³/mol. The maximum Gasteiger partial charge on any atom is 0.387 e. The molecule has 108 valence electrons. The van der Waals surface area contributed by atoms with Gasteiger partial charge in [-0.2, -0.15) is 8.78 Å². The SMILES string of the molecule is CCn1c(=O)[nH]c2cc(OC)c(OC(F)F)cc2c1=O. The summed E-state index contributed by atoms with van der Waals surface area (Å²) in [4.78, 5) is 26.2. The summed E-state index contributed by atoms with van der Waals surface area (Å²) in [6, 6.07) is 2.40. The highest BCUT2D eigenvalue weighted by Gasteiger charge is 2.15. The predicted octanol–water partition coefficient (Wildman–Crippen LogP) is 1.32. The first kappa shape index (κ1) is 14.0. The van der Waals surface area contributed by atoms with Gasteiger partial charge < -0.3 is 14.5 Å². The maximum atomic E-state index is 12.3. The number of H-pyrrole nitrogens is 1. The molecule has 0 radical (unpaired) electrons. The summed E-state index contributed by atoms with van der Waals surface area (Å²) in [5, 5.41) is 0.0721. The second-order valence-corrected chi connectivity index (χ2v) is 3.91. The zero-order valence-corrected chi connectivity index (χ0v) is 10.8. The number of hydrogen-bond acceptors (Lipinski definition) is 4. The summed E-state index contributed by atoms with van der Waals surface area (Å²) < 4.78 is 34.8. The quantitative estimate of drug-likeness (QED) is 0.920. The maximum absolute atomic E-state index is 12.3. The van der Waals surface area contributed by atoms with E-state index in [9.17, 15) is 18.4 Å². The van der Waals surface area contributed by atoms with Crippen molar-refractivity contribution >= 4 is 10.9 Å². The molecule has 20 heavy (non-hydrogen) atoms. The van der Waals surface area contributed by atoms with Gasteiger partial charge in [-0.15, -0.1) is 0 Å². The molecule has 1 heterocycles. The summed E-state index contributed by atoms with van der Waals surface area (Å²) in [5.74, 6) is -0.260. The number of aromatic amines is 1. The summed E-state index contributed by atoms with van der Waals surface area (Å²) in [7, 11) is 1.27. The monoisotopic (exact) mass is 286 g/mol. The Morgan fingerprint density at radius 1 is 1.30 bits per heavy atom. The number of methoxy groups -OCH3 is 1. The molecule has 8 heteroatoms. The number of alkyl halides is 2. The molecule has 0 amide bonds. The highest BCUT2D eigenvalue weighted by Crippen LogP contribution is 2.31. The van der Waals surface area contributed by atoms with Gasteiger partial charge in [0.1, 0.15) is 0 Å². The molecular formula is C12H12F2N2O4. The first-order valence-electron chi connectivity index (χ1n) is 5.77. The lowest BCUT2D eigenvalue weighted by molar-refractivity contribution is -0.0511. The topological polar surface area (TPSA) is 73.3 Å². The van der Waals surface area contributed by atoms with Crippen LogP contribution in [0.1, 0.15) is 6.92 Å². The molecule has 2 aromatic rings. The lowest BCUT2D eigenvalue weighted by atomic mass is 10.2. The van der Waals surface area contributed by atoms with Gasteiger partial charge in [0.05, 0.1) is 18.0 Å². The second kappa shape index (κ2) is 5.32. The molecule has 1 aromatic heterocycles. The Morgan fingerprint density at radius 2 is 2.00 bits per heavy atom.